The Morgan fingerprint density at radius 2 is 2.00 bits per heavy atom. The highest BCUT2D eigenvalue weighted by Gasteiger charge is 2.35. The summed E-state index contributed by atoms with van der Waals surface area (Å²) in [4.78, 5) is 12.2. The molecule has 0 aromatic carbocycles. The second kappa shape index (κ2) is 6.84. The molecule has 1 saturated heterocycles. The van der Waals surface area contributed by atoms with Gasteiger partial charge in [0.2, 0.25) is 0 Å². The third-order valence-corrected chi connectivity index (χ3v) is 4.48. The topological polar surface area (TPSA) is 32.3 Å². The molecular formula is C15H17F3N4S. The Bertz CT molecular complexity index is 630. The monoisotopic (exact) mass is 342 g/mol. The zero-order valence-corrected chi connectivity index (χ0v) is 13.3. The van der Waals surface area contributed by atoms with Crippen LogP contribution in [0.4, 0.5) is 19.0 Å². The van der Waals surface area contributed by atoms with Gasteiger partial charge < -0.3 is 4.90 Å². The average molecular weight is 342 g/mol. The van der Waals surface area contributed by atoms with Crippen LogP contribution in [-0.4, -0.2) is 41.0 Å². The molecule has 3 heterocycles. The Morgan fingerprint density at radius 3 is 2.74 bits per heavy atom. The van der Waals surface area contributed by atoms with Crippen LogP contribution in [0.5, 0.6) is 0 Å². The van der Waals surface area contributed by atoms with Crippen molar-refractivity contribution >= 4 is 17.2 Å². The van der Waals surface area contributed by atoms with Crippen molar-refractivity contribution in [3.05, 3.63) is 40.5 Å². The number of hydrogen-bond acceptors (Lipinski definition) is 5. The lowest BCUT2D eigenvalue weighted by Gasteiger charge is -2.25. The van der Waals surface area contributed by atoms with Crippen LogP contribution in [0.2, 0.25) is 0 Å². The van der Waals surface area contributed by atoms with Crippen LogP contribution >= 0.6 is 11.3 Å². The lowest BCUT2D eigenvalue weighted by atomic mass is 10.2. The fourth-order valence-corrected chi connectivity index (χ4v) is 3.31. The van der Waals surface area contributed by atoms with Gasteiger partial charge in [0, 0.05) is 44.3 Å². The standard InChI is InChI=1S/C15H17F3N4S/c16-15(17,18)13-3-1-4-19-14(13)22-6-2-5-21(7-8-22)9-12-10-23-11-20-12/h1,3-4,10-11H,2,5-9H2. The molecule has 2 aromatic heterocycles. The SMILES string of the molecule is FC(F)(F)c1cccnc1N1CCCN(Cc2cscn2)CC1. The van der Waals surface area contributed by atoms with E-state index < -0.39 is 11.7 Å². The van der Waals surface area contributed by atoms with Gasteiger partial charge in [-0.3, -0.25) is 4.90 Å². The second-order valence-electron chi connectivity index (χ2n) is 5.47. The van der Waals surface area contributed by atoms with Gasteiger partial charge in [0.15, 0.2) is 0 Å². The molecule has 0 aliphatic carbocycles. The van der Waals surface area contributed by atoms with Crippen LogP contribution in [-0.2, 0) is 12.7 Å². The van der Waals surface area contributed by atoms with Gasteiger partial charge in [0.05, 0.1) is 16.8 Å². The van der Waals surface area contributed by atoms with Crippen LogP contribution in [0.25, 0.3) is 0 Å². The molecule has 23 heavy (non-hydrogen) atoms. The maximum atomic E-state index is 13.1. The predicted molar refractivity (Wildman–Crippen MR) is 83.5 cm³/mol. The van der Waals surface area contributed by atoms with E-state index in [1.54, 1.807) is 21.7 Å². The van der Waals surface area contributed by atoms with E-state index in [4.69, 9.17) is 0 Å². The van der Waals surface area contributed by atoms with Gasteiger partial charge in [-0.05, 0) is 18.6 Å². The quantitative estimate of drug-likeness (QED) is 0.857. The fourth-order valence-electron chi connectivity index (χ4n) is 2.76. The molecule has 0 N–H and O–H groups in total. The summed E-state index contributed by atoms with van der Waals surface area (Å²) in [7, 11) is 0. The number of aromatic nitrogens is 2. The highest BCUT2D eigenvalue weighted by atomic mass is 32.1. The van der Waals surface area contributed by atoms with Crippen LogP contribution < -0.4 is 4.90 Å². The van der Waals surface area contributed by atoms with Gasteiger partial charge in [0.25, 0.3) is 0 Å². The highest BCUT2D eigenvalue weighted by molar-refractivity contribution is 7.07. The Kier molecular flexibility index (Phi) is 4.82. The van der Waals surface area contributed by atoms with Crippen molar-refractivity contribution in [1.29, 1.82) is 0 Å². The van der Waals surface area contributed by atoms with Gasteiger partial charge in [-0.15, -0.1) is 11.3 Å². The number of thiazole rings is 1. The number of hydrogen-bond donors (Lipinski definition) is 0. The minimum absolute atomic E-state index is 0.0375. The summed E-state index contributed by atoms with van der Waals surface area (Å²) in [5, 5.41) is 2.00. The van der Waals surface area contributed by atoms with E-state index in [0.29, 0.717) is 19.6 Å². The summed E-state index contributed by atoms with van der Waals surface area (Å²) in [6.07, 6.45) is -2.16. The van der Waals surface area contributed by atoms with E-state index in [9.17, 15) is 13.2 Å². The first-order valence-electron chi connectivity index (χ1n) is 7.40. The van der Waals surface area contributed by atoms with Crippen LogP contribution in [0.3, 0.4) is 0 Å². The summed E-state index contributed by atoms with van der Waals surface area (Å²) in [5.74, 6) is 0.0375. The van der Waals surface area contributed by atoms with E-state index in [1.165, 1.54) is 12.3 Å². The summed E-state index contributed by atoms with van der Waals surface area (Å²) >= 11 is 1.55. The first-order chi connectivity index (χ1) is 11.0. The molecule has 1 aliphatic rings. The third kappa shape index (κ3) is 4.00. The molecule has 8 heteroatoms. The molecule has 0 saturated carbocycles. The molecule has 0 spiro atoms. The van der Waals surface area contributed by atoms with Crippen molar-refractivity contribution < 1.29 is 13.2 Å². The normalized spacial score (nSPS) is 17.3. The molecule has 0 unspecified atom stereocenters. The Balaban J connectivity index is 1.71. The van der Waals surface area contributed by atoms with Crippen molar-refractivity contribution in [3.8, 4) is 0 Å². The first kappa shape index (κ1) is 16.2. The van der Waals surface area contributed by atoms with E-state index in [-0.39, 0.29) is 5.82 Å². The number of halogens is 3. The van der Waals surface area contributed by atoms with Crippen molar-refractivity contribution in [2.24, 2.45) is 0 Å². The molecule has 0 radical (unpaired) electrons. The molecule has 2 aromatic rings. The molecule has 1 fully saturated rings. The Hall–Kier alpha value is -1.67. The zero-order valence-electron chi connectivity index (χ0n) is 12.5. The van der Waals surface area contributed by atoms with Crippen LogP contribution in [0, 0.1) is 0 Å². The number of anilines is 1. The Morgan fingerprint density at radius 1 is 1.13 bits per heavy atom. The van der Waals surface area contributed by atoms with Crippen LogP contribution in [0.15, 0.2) is 29.2 Å². The molecule has 4 nitrogen and oxygen atoms in total. The molecule has 1 aliphatic heterocycles. The number of pyridine rings is 1. The van der Waals surface area contributed by atoms with E-state index >= 15 is 0 Å². The van der Waals surface area contributed by atoms with Gasteiger partial charge >= 0.3 is 6.18 Å². The highest BCUT2D eigenvalue weighted by Crippen LogP contribution is 2.35. The fraction of sp³-hybridized carbons (Fsp3) is 0.467. The van der Waals surface area contributed by atoms with E-state index in [2.05, 4.69) is 14.9 Å². The van der Waals surface area contributed by atoms with Crippen molar-refractivity contribution in [1.82, 2.24) is 14.9 Å². The summed E-state index contributed by atoms with van der Waals surface area (Å²) in [6.45, 7) is 3.40. The first-order valence-corrected chi connectivity index (χ1v) is 8.35. The largest absolute Gasteiger partial charge is 0.419 e. The maximum Gasteiger partial charge on any atom is 0.419 e. The van der Waals surface area contributed by atoms with Crippen molar-refractivity contribution in [2.75, 3.05) is 31.1 Å². The molecule has 3 rings (SSSR count). The van der Waals surface area contributed by atoms with Crippen LogP contribution in [0.1, 0.15) is 17.7 Å². The number of rotatable bonds is 3. The van der Waals surface area contributed by atoms with Crippen molar-refractivity contribution in [3.63, 3.8) is 0 Å². The molecule has 0 atom stereocenters. The van der Waals surface area contributed by atoms with E-state index in [0.717, 1.165) is 31.3 Å². The molecule has 0 amide bonds. The minimum atomic E-state index is -4.38. The zero-order chi connectivity index (χ0) is 16.3. The number of alkyl halides is 3. The lowest BCUT2D eigenvalue weighted by molar-refractivity contribution is -0.137. The lowest BCUT2D eigenvalue weighted by Crippen LogP contribution is -2.32. The molecule has 124 valence electrons. The number of nitrogens with zero attached hydrogens (tertiary/aromatic N) is 4. The average Bonchev–Trinajstić information content (AvgIpc) is 2.91. The third-order valence-electron chi connectivity index (χ3n) is 3.85. The predicted octanol–water partition coefficient (Wildman–Crippen LogP) is 3.27. The maximum absolute atomic E-state index is 13.1. The van der Waals surface area contributed by atoms with E-state index in [1.807, 2.05) is 5.38 Å². The molecule has 0 bridgehead atoms. The smallest absolute Gasteiger partial charge is 0.355 e. The van der Waals surface area contributed by atoms with Gasteiger partial charge in [-0.2, -0.15) is 13.2 Å². The van der Waals surface area contributed by atoms with Gasteiger partial charge in [-0.1, -0.05) is 0 Å². The summed E-state index contributed by atoms with van der Waals surface area (Å²) < 4.78 is 39.4. The summed E-state index contributed by atoms with van der Waals surface area (Å²) in [5.41, 5.74) is 2.15. The van der Waals surface area contributed by atoms with Crippen molar-refractivity contribution in [2.45, 2.75) is 19.1 Å². The summed E-state index contributed by atoms with van der Waals surface area (Å²) in [6, 6.07) is 2.43. The van der Waals surface area contributed by atoms with Gasteiger partial charge in [-0.25, -0.2) is 9.97 Å². The minimum Gasteiger partial charge on any atom is -0.355 e. The second-order valence-corrected chi connectivity index (χ2v) is 6.19. The molecular weight excluding hydrogens is 325 g/mol. The Labute approximate surface area is 136 Å². The van der Waals surface area contributed by atoms with Gasteiger partial charge in [0.1, 0.15) is 5.82 Å².